The molecule has 0 N–H and O–H groups in total. The van der Waals surface area contributed by atoms with Crippen molar-refractivity contribution < 1.29 is 14.3 Å². The molecule has 4 nitrogen and oxygen atoms in total. The Hall–Kier alpha value is -1.71. The molecule has 1 saturated carbocycles. The summed E-state index contributed by atoms with van der Waals surface area (Å²) in [7, 11) is 3.47. The minimum Gasteiger partial charge on any atom is -0.487 e. The highest BCUT2D eigenvalue weighted by Gasteiger charge is 2.28. The molecule has 2 rings (SSSR count). The standard InChI is InChI=1S/C16H23NO3/c1-16(2,3)20-14-12(15(18)17(4)5)7-6-8-13(14)19-11-9-10-11/h6-8,11H,9-10H2,1-5H3. The first kappa shape index (κ1) is 14.7. The maximum atomic E-state index is 12.3. The van der Waals surface area contributed by atoms with E-state index < -0.39 is 0 Å². The van der Waals surface area contributed by atoms with E-state index in [1.807, 2.05) is 32.9 Å². The first-order valence-corrected chi connectivity index (χ1v) is 6.98. The monoisotopic (exact) mass is 277 g/mol. The number of carbonyl (C=O) groups excluding carboxylic acids is 1. The molecule has 0 atom stereocenters. The van der Waals surface area contributed by atoms with Gasteiger partial charge < -0.3 is 14.4 Å². The molecule has 4 heteroatoms. The Morgan fingerprint density at radius 1 is 1.25 bits per heavy atom. The van der Waals surface area contributed by atoms with Crippen molar-refractivity contribution in [3.8, 4) is 11.5 Å². The van der Waals surface area contributed by atoms with Crippen LogP contribution in [0.25, 0.3) is 0 Å². The van der Waals surface area contributed by atoms with Crippen molar-refractivity contribution in [2.75, 3.05) is 14.1 Å². The molecule has 110 valence electrons. The smallest absolute Gasteiger partial charge is 0.257 e. The van der Waals surface area contributed by atoms with Crippen molar-refractivity contribution in [1.82, 2.24) is 4.90 Å². The Morgan fingerprint density at radius 3 is 2.40 bits per heavy atom. The van der Waals surface area contributed by atoms with E-state index in [4.69, 9.17) is 9.47 Å². The van der Waals surface area contributed by atoms with Gasteiger partial charge in [0, 0.05) is 14.1 Å². The summed E-state index contributed by atoms with van der Waals surface area (Å²) in [6.07, 6.45) is 2.41. The quantitative estimate of drug-likeness (QED) is 0.849. The second-order valence-corrected chi connectivity index (χ2v) is 6.36. The third kappa shape index (κ3) is 3.65. The van der Waals surface area contributed by atoms with Crippen LogP contribution in [-0.4, -0.2) is 36.6 Å². The van der Waals surface area contributed by atoms with Crippen LogP contribution in [0.5, 0.6) is 11.5 Å². The molecular formula is C16H23NO3. The van der Waals surface area contributed by atoms with Crippen LogP contribution in [0.4, 0.5) is 0 Å². The molecule has 20 heavy (non-hydrogen) atoms. The zero-order valence-corrected chi connectivity index (χ0v) is 12.9. The zero-order chi connectivity index (χ0) is 14.9. The Morgan fingerprint density at radius 2 is 1.90 bits per heavy atom. The average Bonchev–Trinajstić information content (AvgIpc) is 3.12. The molecule has 1 aromatic rings. The lowest BCUT2D eigenvalue weighted by atomic mass is 10.1. The van der Waals surface area contributed by atoms with Gasteiger partial charge in [0.1, 0.15) is 5.60 Å². The van der Waals surface area contributed by atoms with Gasteiger partial charge in [0.15, 0.2) is 11.5 Å². The molecule has 1 aromatic carbocycles. The topological polar surface area (TPSA) is 38.8 Å². The highest BCUT2D eigenvalue weighted by Crippen LogP contribution is 2.38. The van der Waals surface area contributed by atoms with Gasteiger partial charge in [-0.05, 0) is 45.7 Å². The molecule has 1 aliphatic carbocycles. The predicted octanol–water partition coefficient (Wildman–Crippen LogP) is 3.11. The summed E-state index contributed by atoms with van der Waals surface area (Å²) in [6, 6.07) is 5.49. The lowest BCUT2D eigenvalue weighted by molar-refractivity contribution is 0.0804. The summed E-state index contributed by atoms with van der Waals surface area (Å²) in [6.45, 7) is 5.89. The third-order valence-corrected chi connectivity index (χ3v) is 2.84. The molecule has 0 heterocycles. The Balaban J connectivity index is 2.40. The number of hydrogen-bond acceptors (Lipinski definition) is 3. The van der Waals surface area contributed by atoms with Gasteiger partial charge in [-0.1, -0.05) is 6.07 Å². The molecule has 1 amide bonds. The van der Waals surface area contributed by atoms with Crippen molar-refractivity contribution in [3.05, 3.63) is 23.8 Å². The third-order valence-electron chi connectivity index (χ3n) is 2.84. The maximum absolute atomic E-state index is 12.3. The van der Waals surface area contributed by atoms with E-state index in [-0.39, 0.29) is 17.6 Å². The Kier molecular flexibility index (Phi) is 3.93. The van der Waals surface area contributed by atoms with Gasteiger partial charge in [-0.15, -0.1) is 0 Å². The van der Waals surface area contributed by atoms with E-state index in [1.54, 1.807) is 25.1 Å². The molecule has 0 saturated heterocycles. The van der Waals surface area contributed by atoms with Crippen molar-refractivity contribution >= 4 is 5.91 Å². The SMILES string of the molecule is CN(C)C(=O)c1cccc(OC2CC2)c1OC(C)(C)C. The number of rotatable bonds is 4. The Labute approximate surface area is 120 Å². The van der Waals surface area contributed by atoms with Crippen LogP contribution in [-0.2, 0) is 0 Å². The van der Waals surface area contributed by atoms with Gasteiger partial charge in [-0.25, -0.2) is 0 Å². The fourth-order valence-corrected chi connectivity index (χ4v) is 1.79. The van der Waals surface area contributed by atoms with Gasteiger partial charge >= 0.3 is 0 Å². The minimum atomic E-state index is -0.385. The summed E-state index contributed by atoms with van der Waals surface area (Å²) in [4.78, 5) is 13.8. The van der Waals surface area contributed by atoms with Crippen LogP contribution in [0, 0.1) is 0 Å². The fourth-order valence-electron chi connectivity index (χ4n) is 1.79. The number of benzene rings is 1. The Bertz CT molecular complexity index is 499. The number of para-hydroxylation sites is 1. The number of hydrogen-bond donors (Lipinski definition) is 0. The summed E-state index contributed by atoms with van der Waals surface area (Å²) in [5, 5.41) is 0. The van der Waals surface area contributed by atoms with Gasteiger partial charge in [0.25, 0.3) is 5.91 Å². The highest BCUT2D eigenvalue weighted by molar-refractivity contribution is 5.97. The second-order valence-electron chi connectivity index (χ2n) is 6.36. The van der Waals surface area contributed by atoms with Crippen LogP contribution in [0.3, 0.4) is 0 Å². The molecular weight excluding hydrogens is 254 g/mol. The number of ether oxygens (including phenoxy) is 2. The van der Waals surface area contributed by atoms with E-state index in [9.17, 15) is 4.79 Å². The van der Waals surface area contributed by atoms with E-state index in [1.165, 1.54) is 0 Å². The maximum Gasteiger partial charge on any atom is 0.257 e. The minimum absolute atomic E-state index is 0.0782. The van der Waals surface area contributed by atoms with Gasteiger partial charge in [-0.3, -0.25) is 4.79 Å². The molecule has 0 aliphatic heterocycles. The van der Waals surface area contributed by atoms with Gasteiger partial charge in [0.2, 0.25) is 0 Å². The van der Waals surface area contributed by atoms with Crippen molar-refractivity contribution in [2.24, 2.45) is 0 Å². The van der Waals surface area contributed by atoms with Gasteiger partial charge in [-0.2, -0.15) is 0 Å². The molecule has 0 bridgehead atoms. The lowest BCUT2D eigenvalue weighted by Gasteiger charge is -2.25. The van der Waals surface area contributed by atoms with E-state index in [0.29, 0.717) is 17.1 Å². The molecule has 1 fully saturated rings. The largest absolute Gasteiger partial charge is 0.487 e. The number of carbonyl (C=O) groups is 1. The number of amides is 1. The summed E-state index contributed by atoms with van der Waals surface area (Å²) < 4.78 is 11.9. The summed E-state index contributed by atoms with van der Waals surface area (Å²) in [5.41, 5.74) is 0.160. The summed E-state index contributed by atoms with van der Waals surface area (Å²) in [5.74, 6) is 1.13. The van der Waals surface area contributed by atoms with Crippen LogP contribution in [0.15, 0.2) is 18.2 Å². The van der Waals surface area contributed by atoms with Crippen LogP contribution in [0.1, 0.15) is 44.0 Å². The van der Waals surface area contributed by atoms with Crippen molar-refractivity contribution in [2.45, 2.75) is 45.3 Å². The normalized spacial score (nSPS) is 14.8. The lowest BCUT2D eigenvalue weighted by Crippen LogP contribution is -2.27. The first-order chi connectivity index (χ1) is 9.28. The molecule has 1 aliphatic rings. The molecule has 0 unspecified atom stereocenters. The highest BCUT2D eigenvalue weighted by atomic mass is 16.5. The van der Waals surface area contributed by atoms with Crippen molar-refractivity contribution in [1.29, 1.82) is 0 Å². The van der Waals surface area contributed by atoms with Crippen LogP contribution in [0.2, 0.25) is 0 Å². The summed E-state index contributed by atoms with van der Waals surface area (Å²) >= 11 is 0. The van der Waals surface area contributed by atoms with Crippen molar-refractivity contribution in [3.63, 3.8) is 0 Å². The van der Waals surface area contributed by atoms with E-state index >= 15 is 0 Å². The second kappa shape index (κ2) is 5.35. The van der Waals surface area contributed by atoms with Gasteiger partial charge in [0.05, 0.1) is 11.7 Å². The van der Waals surface area contributed by atoms with E-state index in [2.05, 4.69) is 0 Å². The molecule has 0 aromatic heterocycles. The van der Waals surface area contributed by atoms with Crippen LogP contribution >= 0.6 is 0 Å². The van der Waals surface area contributed by atoms with E-state index in [0.717, 1.165) is 12.8 Å². The average molecular weight is 277 g/mol. The number of nitrogens with zero attached hydrogens (tertiary/aromatic N) is 1. The van der Waals surface area contributed by atoms with Crippen LogP contribution < -0.4 is 9.47 Å². The fraction of sp³-hybridized carbons (Fsp3) is 0.562. The predicted molar refractivity (Wildman–Crippen MR) is 78.5 cm³/mol. The molecule has 0 radical (unpaired) electrons. The first-order valence-electron chi connectivity index (χ1n) is 6.98. The zero-order valence-electron chi connectivity index (χ0n) is 12.9. The molecule has 0 spiro atoms.